The number of anilines is 1. The number of fused-ring (bicyclic) bond motifs is 1. The van der Waals surface area contributed by atoms with Crippen LogP contribution in [0.3, 0.4) is 0 Å². The molecular formula is C10H7ClIN3O. The van der Waals surface area contributed by atoms with E-state index in [2.05, 4.69) is 32.9 Å². The lowest BCUT2D eigenvalue weighted by molar-refractivity contribution is 0.259. The Morgan fingerprint density at radius 3 is 2.94 bits per heavy atom. The van der Waals surface area contributed by atoms with E-state index in [-0.39, 0.29) is 0 Å². The summed E-state index contributed by atoms with van der Waals surface area (Å²) in [6, 6.07) is 4.86. The highest BCUT2D eigenvalue weighted by atomic mass is 127. The van der Waals surface area contributed by atoms with Gasteiger partial charge in [0.1, 0.15) is 5.82 Å². The second kappa shape index (κ2) is 4.42. The summed E-state index contributed by atoms with van der Waals surface area (Å²) in [5.74, 6) is 0.447. The number of carbonyl (C=O) groups is 1. The molecule has 2 rings (SSSR count). The number of hydrogen-bond donors (Lipinski definition) is 2. The van der Waals surface area contributed by atoms with E-state index in [4.69, 9.17) is 17.3 Å². The normalized spacial score (nSPS) is 10.4. The van der Waals surface area contributed by atoms with Gasteiger partial charge in [0.2, 0.25) is 0 Å². The first-order valence-electron chi connectivity index (χ1n) is 4.38. The van der Waals surface area contributed by atoms with Gasteiger partial charge in [-0.3, -0.25) is 5.32 Å². The highest BCUT2D eigenvalue weighted by Crippen LogP contribution is 2.27. The molecule has 4 nitrogen and oxygen atoms in total. The van der Waals surface area contributed by atoms with E-state index in [0.717, 1.165) is 14.3 Å². The third kappa shape index (κ3) is 2.19. The zero-order valence-electron chi connectivity index (χ0n) is 8.00. The van der Waals surface area contributed by atoms with Gasteiger partial charge in [-0.25, -0.2) is 9.78 Å². The van der Waals surface area contributed by atoms with E-state index in [0.29, 0.717) is 10.8 Å². The van der Waals surface area contributed by atoms with Crippen LogP contribution in [-0.4, -0.2) is 11.0 Å². The summed E-state index contributed by atoms with van der Waals surface area (Å²) in [6.07, 6.45) is 1.67. The number of primary amides is 1. The predicted molar refractivity (Wildman–Crippen MR) is 72.7 cm³/mol. The number of nitrogens with two attached hydrogens (primary N) is 1. The second-order valence-corrected chi connectivity index (χ2v) is 4.66. The van der Waals surface area contributed by atoms with Gasteiger partial charge in [0, 0.05) is 22.0 Å². The van der Waals surface area contributed by atoms with Gasteiger partial charge in [-0.05, 0) is 34.7 Å². The van der Waals surface area contributed by atoms with Crippen LogP contribution in [0.5, 0.6) is 0 Å². The number of aromatic nitrogens is 1. The monoisotopic (exact) mass is 347 g/mol. The fourth-order valence-electron chi connectivity index (χ4n) is 1.35. The Labute approximate surface area is 110 Å². The fraction of sp³-hybridized carbons (Fsp3) is 0. The van der Waals surface area contributed by atoms with Crippen molar-refractivity contribution in [3.05, 3.63) is 33.0 Å². The molecule has 0 atom stereocenters. The minimum atomic E-state index is -0.633. The molecule has 6 heteroatoms. The molecule has 0 aliphatic heterocycles. The minimum absolute atomic E-state index is 0.447. The van der Waals surface area contributed by atoms with Crippen molar-refractivity contribution in [2.45, 2.75) is 0 Å². The number of rotatable bonds is 1. The Hall–Kier alpha value is -1.08. The molecule has 3 N–H and O–H groups in total. The molecule has 0 aliphatic rings. The van der Waals surface area contributed by atoms with Gasteiger partial charge < -0.3 is 5.73 Å². The highest BCUT2D eigenvalue weighted by molar-refractivity contribution is 14.1. The summed E-state index contributed by atoms with van der Waals surface area (Å²) in [5.41, 5.74) is 5.05. The Morgan fingerprint density at radius 1 is 1.50 bits per heavy atom. The van der Waals surface area contributed by atoms with Gasteiger partial charge in [0.25, 0.3) is 0 Å². The number of benzene rings is 1. The van der Waals surface area contributed by atoms with E-state index in [1.165, 1.54) is 0 Å². The Morgan fingerprint density at radius 2 is 2.25 bits per heavy atom. The van der Waals surface area contributed by atoms with Gasteiger partial charge >= 0.3 is 6.03 Å². The minimum Gasteiger partial charge on any atom is -0.351 e. The average molecular weight is 348 g/mol. The van der Waals surface area contributed by atoms with Gasteiger partial charge in [0.05, 0.1) is 3.57 Å². The SMILES string of the molecule is NC(=O)Nc1ncc2ccc(Cl)cc2c1I. The molecule has 1 aromatic carbocycles. The van der Waals surface area contributed by atoms with Crippen LogP contribution in [0.2, 0.25) is 5.02 Å². The number of nitrogens with one attached hydrogen (secondary N) is 1. The largest absolute Gasteiger partial charge is 0.351 e. The quantitative estimate of drug-likeness (QED) is 0.779. The molecule has 0 bridgehead atoms. The summed E-state index contributed by atoms with van der Waals surface area (Å²) in [6.45, 7) is 0. The lowest BCUT2D eigenvalue weighted by atomic mass is 10.2. The van der Waals surface area contributed by atoms with E-state index in [1.54, 1.807) is 12.3 Å². The van der Waals surface area contributed by atoms with E-state index in [9.17, 15) is 4.79 Å². The maximum atomic E-state index is 10.8. The van der Waals surface area contributed by atoms with Crippen LogP contribution >= 0.6 is 34.2 Å². The van der Waals surface area contributed by atoms with E-state index in [1.807, 2.05) is 12.1 Å². The van der Waals surface area contributed by atoms with Gasteiger partial charge in [-0.1, -0.05) is 17.7 Å². The smallest absolute Gasteiger partial charge is 0.317 e. The first-order chi connectivity index (χ1) is 7.58. The van der Waals surface area contributed by atoms with Crippen LogP contribution in [-0.2, 0) is 0 Å². The van der Waals surface area contributed by atoms with Crippen molar-refractivity contribution in [3.8, 4) is 0 Å². The van der Waals surface area contributed by atoms with Crippen LogP contribution < -0.4 is 11.1 Å². The maximum Gasteiger partial charge on any atom is 0.317 e. The van der Waals surface area contributed by atoms with Gasteiger partial charge in [-0.2, -0.15) is 0 Å². The summed E-state index contributed by atoms with van der Waals surface area (Å²) < 4.78 is 0.816. The van der Waals surface area contributed by atoms with E-state index >= 15 is 0 Å². The second-order valence-electron chi connectivity index (χ2n) is 3.14. The lowest BCUT2D eigenvalue weighted by Crippen LogP contribution is -2.20. The van der Waals surface area contributed by atoms with Crippen LogP contribution in [0, 0.1) is 3.57 Å². The van der Waals surface area contributed by atoms with E-state index < -0.39 is 6.03 Å². The summed E-state index contributed by atoms with van der Waals surface area (Å²) in [7, 11) is 0. The number of hydrogen-bond acceptors (Lipinski definition) is 2. The molecule has 2 amide bonds. The van der Waals surface area contributed by atoms with Crippen molar-refractivity contribution in [1.29, 1.82) is 0 Å². The lowest BCUT2D eigenvalue weighted by Gasteiger charge is -2.07. The molecule has 1 heterocycles. The van der Waals surface area contributed by atoms with Crippen molar-refractivity contribution < 1.29 is 4.79 Å². The van der Waals surface area contributed by atoms with Crippen molar-refractivity contribution >= 4 is 56.8 Å². The number of carbonyl (C=O) groups excluding carboxylic acids is 1. The van der Waals surface area contributed by atoms with Crippen molar-refractivity contribution in [3.63, 3.8) is 0 Å². The Kier molecular flexibility index (Phi) is 3.15. The number of amides is 2. The van der Waals surface area contributed by atoms with Crippen LogP contribution in [0.1, 0.15) is 0 Å². The topological polar surface area (TPSA) is 68.0 Å². The third-order valence-electron chi connectivity index (χ3n) is 2.03. The molecule has 1 aromatic heterocycles. The molecule has 0 fully saturated rings. The number of urea groups is 1. The van der Waals surface area contributed by atoms with Gasteiger partial charge in [-0.15, -0.1) is 0 Å². The Bertz CT molecular complexity index is 573. The fourth-order valence-corrected chi connectivity index (χ4v) is 2.27. The third-order valence-corrected chi connectivity index (χ3v) is 3.36. The van der Waals surface area contributed by atoms with Crippen LogP contribution in [0.4, 0.5) is 10.6 Å². The number of halogens is 2. The summed E-state index contributed by atoms with van der Waals surface area (Å²) >= 11 is 8.01. The van der Waals surface area contributed by atoms with Crippen LogP contribution in [0.25, 0.3) is 10.8 Å². The maximum absolute atomic E-state index is 10.8. The summed E-state index contributed by atoms with van der Waals surface area (Å²) in [5, 5.41) is 5.00. The Balaban J connectivity index is 2.63. The zero-order valence-corrected chi connectivity index (χ0v) is 10.9. The molecule has 0 spiro atoms. The van der Waals surface area contributed by atoms with Crippen molar-refractivity contribution in [2.75, 3.05) is 5.32 Å². The molecular weight excluding hydrogens is 340 g/mol. The molecule has 82 valence electrons. The molecule has 0 aliphatic carbocycles. The summed E-state index contributed by atoms with van der Waals surface area (Å²) in [4.78, 5) is 14.9. The number of pyridine rings is 1. The molecule has 0 radical (unpaired) electrons. The molecule has 2 aromatic rings. The van der Waals surface area contributed by atoms with Crippen LogP contribution in [0.15, 0.2) is 24.4 Å². The highest BCUT2D eigenvalue weighted by Gasteiger charge is 2.08. The first kappa shape index (κ1) is 11.4. The zero-order chi connectivity index (χ0) is 11.7. The molecule has 0 saturated heterocycles. The standard InChI is InChI=1S/C10H7ClIN3O/c11-6-2-1-5-4-14-9(15-10(13)16)8(12)7(5)3-6/h1-4H,(H3,13,14,15,16). The molecule has 0 saturated carbocycles. The average Bonchev–Trinajstić information content (AvgIpc) is 2.22. The number of nitrogens with zero attached hydrogens (tertiary/aromatic N) is 1. The predicted octanol–water partition coefficient (Wildman–Crippen LogP) is 2.98. The molecule has 0 unspecified atom stereocenters. The van der Waals surface area contributed by atoms with Crippen molar-refractivity contribution in [2.24, 2.45) is 5.73 Å². The molecule has 16 heavy (non-hydrogen) atoms. The van der Waals surface area contributed by atoms with Crippen molar-refractivity contribution in [1.82, 2.24) is 4.98 Å². The van der Waals surface area contributed by atoms with Gasteiger partial charge in [0.15, 0.2) is 0 Å². The first-order valence-corrected chi connectivity index (χ1v) is 5.84.